The van der Waals surface area contributed by atoms with E-state index in [-0.39, 0.29) is 5.91 Å². The van der Waals surface area contributed by atoms with Crippen LogP contribution in [0.5, 0.6) is 11.5 Å². The van der Waals surface area contributed by atoms with Crippen molar-refractivity contribution in [2.75, 3.05) is 24.9 Å². The molecule has 0 unspecified atom stereocenters. The maximum atomic E-state index is 12.5. The fourth-order valence-electron chi connectivity index (χ4n) is 2.60. The molecule has 25 heavy (non-hydrogen) atoms. The molecule has 0 aliphatic heterocycles. The largest absolute Gasteiger partial charge is 0.493 e. The molecule has 2 aromatic rings. The average Bonchev–Trinajstić information content (AvgIpc) is 2.61. The molecule has 0 spiro atoms. The van der Waals surface area contributed by atoms with Gasteiger partial charge in [-0.15, -0.1) is 0 Å². The highest BCUT2D eigenvalue weighted by atomic mass is 16.5. The van der Waals surface area contributed by atoms with Gasteiger partial charge in [-0.2, -0.15) is 0 Å². The standard InChI is InChI=1S/C20H26N2O3/c1-13(2)16-8-6-7-9-17(16)22-20(23)14(3)21-15-10-11-18(24-4)19(12-15)25-5/h6-14,21H,1-5H3,(H,22,23)/t14-/m1/s1. The number of rotatable bonds is 7. The third-order valence-electron chi connectivity index (χ3n) is 4.00. The summed E-state index contributed by atoms with van der Waals surface area (Å²) in [4.78, 5) is 12.5. The summed E-state index contributed by atoms with van der Waals surface area (Å²) in [6, 6.07) is 12.9. The van der Waals surface area contributed by atoms with Gasteiger partial charge < -0.3 is 20.1 Å². The normalized spacial score (nSPS) is 11.8. The molecule has 0 aliphatic rings. The summed E-state index contributed by atoms with van der Waals surface area (Å²) in [5.74, 6) is 1.51. The number of carbonyl (C=O) groups is 1. The van der Waals surface area contributed by atoms with E-state index in [1.54, 1.807) is 20.3 Å². The summed E-state index contributed by atoms with van der Waals surface area (Å²) < 4.78 is 10.5. The fraction of sp³-hybridized carbons (Fsp3) is 0.350. The van der Waals surface area contributed by atoms with Gasteiger partial charge in [0.1, 0.15) is 6.04 Å². The lowest BCUT2D eigenvalue weighted by molar-refractivity contribution is -0.116. The zero-order valence-corrected chi connectivity index (χ0v) is 15.4. The lowest BCUT2D eigenvalue weighted by Crippen LogP contribution is -2.32. The van der Waals surface area contributed by atoms with Crippen LogP contribution >= 0.6 is 0 Å². The summed E-state index contributed by atoms with van der Waals surface area (Å²) in [6.45, 7) is 6.04. The highest BCUT2D eigenvalue weighted by molar-refractivity contribution is 5.97. The van der Waals surface area contributed by atoms with Crippen LogP contribution in [0.15, 0.2) is 42.5 Å². The zero-order chi connectivity index (χ0) is 18.4. The number of hydrogen-bond donors (Lipinski definition) is 2. The number of ether oxygens (including phenoxy) is 2. The quantitative estimate of drug-likeness (QED) is 0.789. The average molecular weight is 342 g/mol. The first-order valence-corrected chi connectivity index (χ1v) is 8.34. The Morgan fingerprint density at radius 2 is 1.64 bits per heavy atom. The summed E-state index contributed by atoms with van der Waals surface area (Å²) in [5, 5.41) is 6.19. The second-order valence-electron chi connectivity index (χ2n) is 6.17. The van der Waals surface area contributed by atoms with Crippen molar-refractivity contribution in [1.82, 2.24) is 0 Å². The van der Waals surface area contributed by atoms with Crippen molar-refractivity contribution >= 4 is 17.3 Å². The summed E-state index contributed by atoms with van der Waals surface area (Å²) >= 11 is 0. The molecule has 0 saturated carbocycles. The highest BCUT2D eigenvalue weighted by Gasteiger charge is 2.16. The Kier molecular flexibility index (Phi) is 6.28. The third-order valence-corrected chi connectivity index (χ3v) is 4.00. The van der Waals surface area contributed by atoms with Crippen LogP contribution in [0.1, 0.15) is 32.3 Å². The first-order valence-electron chi connectivity index (χ1n) is 8.34. The smallest absolute Gasteiger partial charge is 0.246 e. The van der Waals surface area contributed by atoms with E-state index in [4.69, 9.17) is 9.47 Å². The Hall–Kier alpha value is -2.69. The molecule has 0 radical (unpaired) electrons. The lowest BCUT2D eigenvalue weighted by atomic mass is 10.0. The van der Waals surface area contributed by atoms with Gasteiger partial charge >= 0.3 is 0 Å². The Labute approximate surface area is 149 Å². The van der Waals surface area contributed by atoms with E-state index in [0.29, 0.717) is 17.4 Å². The number of amides is 1. The topological polar surface area (TPSA) is 59.6 Å². The molecule has 0 aromatic heterocycles. The van der Waals surface area contributed by atoms with E-state index in [1.165, 1.54) is 0 Å². The molecule has 5 heteroatoms. The Morgan fingerprint density at radius 1 is 0.960 bits per heavy atom. The second kappa shape index (κ2) is 8.42. The van der Waals surface area contributed by atoms with Gasteiger partial charge in [0.15, 0.2) is 11.5 Å². The van der Waals surface area contributed by atoms with Gasteiger partial charge in [0.2, 0.25) is 5.91 Å². The Bertz CT molecular complexity index is 729. The summed E-state index contributed by atoms with van der Waals surface area (Å²) in [5.41, 5.74) is 2.76. The number of nitrogens with one attached hydrogen (secondary N) is 2. The molecule has 1 amide bonds. The van der Waals surface area contributed by atoms with Gasteiger partial charge in [-0.05, 0) is 36.6 Å². The first-order chi connectivity index (χ1) is 12.0. The van der Waals surface area contributed by atoms with Gasteiger partial charge in [0.05, 0.1) is 14.2 Å². The number of benzene rings is 2. The van der Waals surface area contributed by atoms with Gasteiger partial charge in [0.25, 0.3) is 0 Å². The van der Waals surface area contributed by atoms with Gasteiger partial charge in [-0.3, -0.25) is 4.79 Å². The molecule has 1 atom stereocenters. The summed E-state index contributed by atoms with van der Waals surface area (Å²) in [7, 11) is 3.17. The fourth-order valence-corrected chi connectivity index (χ4v) is 2.60. The van der Waals surface area contributed by atoms with Crippen molar-refractivity contribution in [2.45, 2.75) is 32.7 Å². The van der Waals surface area contributed by atoms with Crippen LogP contribution in [0.4, 0.5) is 11.4 Å². The molecule has 0 heterocycles. The van der Waals surface area contributed by atoms with Crippen molar-refractivity contribution in [3.8, 4) is 11.5 Å². The molecule has 0 bridgehead atoms. The van der Waals surface area contributed by atoms with Crippen LogP contribution in [0.2, 0.25) is 0 Å². The van der Waals surface area contributed by atoms with Crippen LogP contribution in [0.3, 0.4) is 0 Å². The van der Waals surface area contributed by atoms with Gasteiger partial charge in [0, 0.05) is 17.4 Å². The minimum Gasteiger partial charge on any atom is -0.493 e. The van der Waals surface area contributed by atoms with Crippen molar-refractivity contribution in [3.63, 3.8) is 0 Å². The van der Waals surface area contributed by atoms with E-state index in [1.807, 2.05) is 43.3 Å². The first kappa shape index (κ1) is 18.6. The molecule has 2 N–H and O–H groups in total. The number of methoxy groups -OCH3 is 2. The SMILES string of the molecule is COc1ccc(N[C@H](C)C(=O)Nc2ccccc2C(C)C)cc1OC. The van der Waals surface area contributed by atoms with Crippen molar-refractivity contribution < 1.29 is 14.3 Å². The number of anilines is 2. The Balaban J connectivity index is 2.08. The molecule has 2 aromatic carbocycles. The molecule has 5 nitrogen and oxygen atoms in total. The minimum atomic E-state index is -0.404. The highest BCUT2D eigenvalue weighted by Crippen LogP contribution is 2.30. The maximum Gasteiger partial charge on any atom is 0.246 e. The van der Waals surface area contributed by atoms with Crippen molar-refractivity contribution in [3.05, 3.63) is 48.0 Å². The van der Waals surface area contributed by atoms with E-state index in [9.17, 15) is 4.79 Å². The van der Waals surface area contributed by atoms with Crippen LogP contribution in [-0.4, -0.2) is 26.2 Å². The molecule has 134 valence electrons. The number of para-hydroxylation sites is 1. The lowest BCUT2D eigenvalue weighted by Gasteiger charge is -2.19. The third kappa shape index (κ3) is 4.66. The van der Waals surface area contributed by atoms with E-state index in [2.05, 4.69) is 24.5 Å². The predicted molar refractivity (Wildman–Crippen MR) is 102 cm³/mol. The molecular weight excluding hydrogens is 316 g/mol. The van der Waals surface area contributed by atoms with E-state index in [0.717, 1.165) is 16.9 Å². The van der Waals surface area contributed by atoms with E-state index >= 15 is 0 Å². The molecule has 0 saturated heterocycles. The molecule has 0 aliphatic carbocycles. The second-order valence-corrected chi connectivity index (χ2v) is 6.17. The number of hydrogen-bond acceptors (Lipinski definition) is 4. The minimum absolute atomic E-state index is 0.0946. The van der Waals surface area contributed by atoms with Crippen LogP contribution in [0.25, 0.3) is 0 Å². The van der Waals surface area contributed by atoms with Crippen LogP contribution in [0, 0.1) is 0 Å². The van der Waals surface area contributed by atoms with E-state index < -0.39 is 6.04 Å². The van der Waals surface area contributed by atoms with Crippen molar-refractivity contribution in [2.24, 2.45) is 0 Å². The maximum absolute atomic E-state index is 12.5. The summed E-state index contributed by atoms with van der Waals surface area (Å²) in [6.07, 6.45) is 0. The number of carbonyl (C=O) groups excluding carboxylic acids is 1. The Morgan fingerprint density at radius 3 is 2.28 bits per heavy atom. The van der Waals surface area contributed by atoms with Crippen molar-refractivity contribution in [1.29, 1.82) is 0 Å². The molecule has 2 rings (SSSR count). The molecule has 0 fully saturated rings. The van der Waals surface area contributed by atoms with Crippen LogP contribution in [-0.2, 0) is 4.79 Å². The zero-order valence-electron chi connectivity index (χ0n) is 15.4. The van der Waals surface area contributed by atoms with Gasteiger partial charge in [-0.1, -0.05) is 32.0 Å². The molecular formula is C20H26N2O3. The monoisotopic (exact) mass is 342 g/mol. The predicted octanol–water partition coefficient (Wildman–Crippen LogP) is 4.27. The van der Waals surface area contributed by atoms with Gasteiger partial charge in [-0.25, -0.2) is 0 Å². The van der Waals surface area contributed by atoms with Crippen LogP contribution < -0.4 is 20.1 Å².